The number of pyridine rings is 1. The maximum absolute atomic E-state index is 5.12. The van der Waals surface area contributed by atoms with Gasteiger partial charge in [-0.2, -0.15) is 0 Å². The molecule has 1 N–H and O–H groups in total. The van der Waals surface area contributed by atoms with Crippen LogP contribution in [0.4, 0.5) is 5.82 Å². The van der Waals surface area contributed by atoms with Crippen LogP contribution in [0.1, 0.15) is 44.9 Å². The lowest BCUT2D eigenvalue weighted by molar-refractivity contribution is 0.196. The number of hydrogen-bond acceptors (Lipinski definition) is 4. The summed E-state index contributed by atoms with van der Waals surface area (Å²) in [6.07, 6.45) is 3.18. The van der Waals surface area contributed by atoms with E-state index in [-0.39, 0.29) is 0 Å². The third-order valence-corrected chi connectivity index (χ3v) is 3.38. The summed E-state index contributed by atoms with van der Waals surface area (Å²) in [4.78, 5) is 7.01. The van der Waals surface area contributed by atoms with Crippen LogP contribution >= 0.6 is 0 Å². The Bertz CT molecular complexity index is 407. The van der Waals surface area contributed by atoms with E-state index in [2.05, 4.69) is 50.2 Å². The Balaban J connectivity index is 2.79. The van der Waals surface area contributed by atoms with Crippen molar-refractivity contribution in [1.82, 2.24) is 10.3 Å². The molecule has 4 nitrogen and oxygen atoms in total. The maximum atomic E-state index is 5.12. The van der Waals surface area contributed by atoms with Crippen molar-refractivity contribution in [2.24, 2.45) is 0 Å². The molecule has 0 bridgehead atoms. The second kappa shape index (κ2) is 9.74. The van der Waals surface area contributed by atoms with Gasteiger partial charge in [-0.3, -0.25) is 0 Å². The first-order valence-electron chi connectivity index (χ1n) is 8.00. The highest BCUT2D eigenvalue weighted by Crippen LogP contribution is 2.16. The zero-order valence-electron chi connectivity index (χ0n) is 14.3. The highest BCUT2D eigenvalue weighted by atomic mass is 16.5. The van der Waals surface area contributed by atoms with Gasteiger partial charge in [-0.15, -0.1) is 0 Å². The summed E-state index contributed by atoms with van der Waals surface area (Å²) in [5.41, 5.74) is 2.50. The topological polar surface area (TPSA) is 37.4 Å². The van der Waals surface area contributed by atoms with Gasteiger partial charge in [0.05, 0.1) is 0 Å². The van der Waals surface area contributed by atoms with E-state index in [1.54, 1.807) is 7.11 Å². The largest absolute Gasteiger partial charge is 0.385 e. The van der Waals surface area contributed by atoms with Crippen LogP contribution in [-0.2, 0) is 17.7 Å². The maximum Gasteiger partial charge on any atom is 0.128 e. The minimum absolute atomic E-state index is 0.496. The molecular weight excluding hydrogens is 262 g/mol. The van der Waals surface area contributed by atoms with Gasteiger partial charge in [0, 0.05) is 45.6 Å². The molecule has 120 valence electrons. The fraction of sp³-hybridized carbons (Fsp3) is 0.706. The van der Waals surface area contributed by atoms with Crippen molar-refractivity contribution in [1.29, 1.82) is 0 Å². The number of anilines is 1. The van der Waals surface area contributed by atoms with Crippen LogP contribution in [0.5, 0.6) is 0 Å². The highest BCUT2D eigenvalue weighted by molar-refractivity contribution is 5.42. The van der Waals surface area contributed by atoms with Gasteiger partial charge in [-0.25, -0.2) is 4.98 Å². The summed E-state index contributed by atoms with van der Waals surface area (Å²) >= 11 is 0. The summed E-state index contributed by atoms with van der Waals surface area (Å²) < 4.78 is 5.12. The molecule has 1 aromatic rings. The Morgan fingerprint density at radius 2 is 2.10 bits per heavy atom. The fourth-order valence-electron chi connectivity index (χ4n) is 2.20. The van der Waals surface area contributed by atoms with Gasteiger partial charge in [-0.05, 0) is 30.5 Å². The molecule has 1 rings (SSSR count). The van der Waals surface area contributed by atoms with Gasteiger partial charge >= 0.3 is 0 Å². The van der Waals surface area contributed by atoms with E-state index in [9.17, 15) is 0 Å². The molecule has 21 heavy (non-hydrogen) atoms. The van der Waals surface area contributed by atoms with Crippen LogP contribution in [0.2, 0.25) is 0 Å². The number of methoxy groups -OCH3 is 1. The van der Waals surface area contributed by atoms with Crippen molar-refractivity contribution in [2.75, 3.05) is 32.2 Å². The van der Waals surface area contributed by atoms with Crippen molar-refractivity contribution < 1.29 is 4.74 Å². The molecule has 0 aliphatic heterocycles. The summed E-state index contributed by atoms with van der Waals surface area (Å²) in [5, 5.41) is 3.48. The number of aromatic nitrogens is 1. The molecule has 0 unspecified atom stereocenters. The molecule has 0 saturated carbocycles. The Labute approximate surface area is 129 Å². The van der Waals surface area contributed by atoms with Crippen LogP contribution in [0.3, 0.4) is 0 Å². The third-order valence-electron chi connectivity index (χ3n) is 3.38. The smallest absolute Gasteiger partial charge is 0.128 e. The molecular formula is C17H31N3O. The van der Waals surface area contributed by atoms with E-state index >= 15 is 0 Å². The third kappa shape index (κ3) is 6.91. The Morgan fingerprint density at radius 1 is 1.33 bits per heavy atom. The lowest BCUT2D eigenvalue weighted by Crippen LogP contribution is -2.24. The normalized spacial score (nSPS) is 11.1. The minimum atomic E-state index is 0.496. The minimum Gasteiger partial charge on any atom is -0.385 e. The first-order valence-corrected chi connectivity index (χ1v) is 8.00. The predicted molar refractivity (Wildman–Crippen MR) is 90.0 cm³/mol. The average Bonchev–Trinajstić information content (AvgIpc) is 2.45. The molecule has 0 amide bonds. The lowest BCUT2D eigenvalue weighted by Gasteiger charge is -2.20. The number of rotatable bonds is 10. The summed E-state index contributed by atoms with van der Waals surface area (Å²) in [6.45, 7) is 9.20. The van der Waals surface area contributed by atoms with Crippen molar-refractivity contribution in [3.05, 3.63) is 23.4 Å². The van der Waals surface area contributed by atoms with Gasteiger partial charge < -0.3 is 15.0 Å². The molecule has 0 aromatic carbocycles. The van der Waals surface area contributed by atoms with Crippen molar-refractivity contribution in [3.8, 4) is 0 Å². The molecule has 1 heterocycles. The van der Waals surface area contributed by atoms with Crippen LogP contribution < -0.4 is 10.2 Å². The molecule has 0 saturated heterocycles. The Kier molecular flexibility index (Phi) is 8.31. The Morgan fingerprint density at radius 3 is 2.71 bits per heavy atom. The van der Waals surface area contributed by atoms with Crippen molar-refractivity contribution in [2.45, 2.75) is 52.6 Å². The van der Waals surface area contributed by atoms with E-state index in [0.717, 1.165) is 44.8 Å². The number of ether oxygens (including phenoxy) is 1. The quantitative estimate of drug-likeness (QED) is 0.673. The first-order chi connectivity index (χ1) is 10.1. The van der Waals surface area contributed by atoms with Gasteiger partial charge in [0.25, 0.3) is 0 Å². The number of aryl methyl sites for hydroxylation is 1. The molecule has 1 aromatic heterocycles. The molecule has 0 spiro atoms. The molecule has 0 fully saturated rings. The zero-order chi connectivity index (χ0) is 15.7. The van der Waals surface area contributed by atoms with Gasteiger partial charge in [0.15, 0.2) is 0 Å². The van der Waals surface area contributed by atoms with Gasteiger partial charge in [0.2, 0.25) is 0 Å². The van der Waals surface area contributed by atoms with Crippen LogP contribution in [0.15, 0.2) is 12.1 Å². The molecule has 4 heteroatoms. The summed E-state index contributed by atoms with van der Waals surface area (Å²) in [7, 11) is 3.85. The van der Waals surface area contributed by atoms with E-state index < -0.39 is 0 Å². The lowest BCUT2D eigenvalue weighted by atomic mass is 10.1. The standard InChI is InChI=1S/C17H31N3O/c1-6-8-16-11-15(13-18-14(2)3)12-17(19-16)20(4)9-7-10-21-5/h11-12,14,18H,6-10,13H2,1-5H3. The van der Waals surface area contributed by atoms with Crippen LogP contribution in [0.25, 0.3) is 0 Å². The zero-order valence-corrected chi connectivity index (χ0v) is 14.3. The molecule has 0 radical (unpaired) electrons. The first kappa shape index (κ1) is 17.9. The van der Waals surface area contributed by atoms with Crippen LogP contribution in [-0.4, -0.2) is 38.3 Å². The second-order valence-electron chi connectivity index (χ2n) is 5.88. The second-order valence-corrected chi connectivity index (χ2v) is 5.88. The predicted octanol–water partition coefficient (Wildman–Crippen LogP) is 3.00. The number of nitrogens with one attached hydrogen (secondary N) is 1. The molecule has 0 aliphatic rings. The number of hydrogen-bond donors (Lipinski definition) is 1. The summed E-state index contributed by atoms with van der Waals surface area (Å²) in [6, 6.07) is 4.92. The van der Waals surface area contributed by atoms with E-state index in [1.165, 1.54) is 11.3 Å². The van der Waals surface area contributed by atoms with Gasteiger partial charge in [0.1, 0.15) is 5.82 Å². The number of nitrogens with zero attached hydrogens (tertiary/aromatic N) is 2. The summed E-state index contributed by atoms with van der Waals surface area (Å²) in [5.74, 6) is 1.07. The average molecular weight is 293 g/mol. The molecule has 0 atom stereocenters. The van der Waals surface area contributed by atoms with Crippen molar-refractivity contribution in [3.63, 3.8) is 0 Å². The van der Waals surface area contributed by atoms with Crippen LogP contribution in [0, 0.1) is 0 Å². The molecule has 0 aliphatic carbocycles. The van der Waals surface area contributed by atoms with E-state index in [0.29, 0.717) is 6.04 Å². The van der Waals surface area contributed by atoms with Crippen molar-refractivity contribution >= 4 is 5.82 Å². The van der Waals surface area contributed by atoms with E-state index in [4.69, 9.17) is 9.72 Å². The SMILES string of the molecule is CCCc1cc(CNC(C)C)cc(N(C)CCCOC)n1. The Hall–Kier alpha value is -1.13. The highest BCUT2D eigenvalue weighted by Gasteiger charge is 2.07. The fourth-order valence-corrected chi connectivity index (χ4v) is 2.20. The monoisotopic (exact) mass is 293 g/mol. The van der Waals surface area contributed by atoms with E-state index in [1.807, 2.05) is 0 Å². The van der Waals surface area contributed by atoms with Gasteiger partial charge in [-0.1, -0.05) is 27.2 Å².